The highest BCUT2D eigenvalue weighted by atomic mass is 16.2. The summed E-state index contributed by atoms with van der Waals surface area (Å²) in [6.07, 6.45) is 0.924. The third-order valence-electron chi connectivity index (χ3n) is 4.50. The van der Waals surface area contributed by atoms with Crippen LogP contribution in [0.3, 0.4) is 0 Å². The topological polar surface area (TPSA) is 69.0 Å². The Morgan fingerprint density at radius 1 is 1.00 bits per heavy atom. The maximum atomic E-state index is 11.7. The summed E-state index contributed by atoms with van der Waals surface area (Å²) in [5.41, 5.74) is 4.83. The van der Waals surface area contributed by atoms with Gasteiger partial charge in [0, 0.05) is 13.1 Å². The SMILES string of the molecule is CN1CCc2c(-c3ccccc3)cc3[nH]c(=O)c(=O)[nH]c3c2C1. The molecule has 0 fully saturated rings. The van der Waals surface area contributed by atoms with Crippen LogP contribution in [0, 0.1) is 0 Å². The van der Waals surface area contributed by atoms with E-state index in [0.29, 0.717) is 5.52 Å². The van der Waals surface area contributed by atoms with Crippen LogP contribution in [-0.2, 0) is 13.0 Å². The molecule has 0 radical (unpaired) electrons. The van der Waals surface area contributed by atoms with Gasteiger partial charge < -0.3 is 14.9 Å². The van der Waals surface area contributed by atoms with Crippen molar-refractivity contribution in [3.05, 3.63) is 68.2 Å². The van der Waals surface area contributed by atoms with E-state index in [9.17, 15) is 9.59 Å². The monoisotopic (exact) mass is 307 g/mol. The van der Waals surface area contributed by atoms with Gasteiger partial charge in [-0.1, -0.05) is 30.3 Å². The molecule has 5 heteroatoms. The molecule has 0 amide bonds. The average molecular weight is 307 g/mol. The molecule has 1 aliphatic rings. The predicted molar refractivity (Wildman–Crippen MR) is 90.7 cm³/mol. The van der Waals surface area contributed by atoms with Crippen molar-refractivity contribution in [3.8, 4) is 11.1 Å². The van der Waals surface area contributed by atoms with E-state index < -0.39 is 11.1 Å². The molecule has 0 spiro atoms. The smallest absolute Gasteiger partial charge is 0.314 e. The number of aromatic nitrogens is 2. The molecule has 116 valence electrons. The molecule has 0 saturated heterocycles. The van der Waals surface area contributed by atoms with Crippen LogP contribution in [0.15, 0.2) is 46.0 Å². The van der Waals surface area contributed by atoms with E-state index in [1.807, 2.05) is 24.3 Å². The fraction of sp³-hybridized carbons (Fsp3) is 0.222. The highest BCUT2D eigenvalue weighted by Crippen LogP contribution is 2.33. The van der Waals surface area contributed by atoms with Crippen LogP contribution in [0.4, 0.5) is 0 Å². The van der Waals surface area contributed by atoms with E-state index >= 15 is 0 Å². The Kier molecular flexibility index (Phi) is 3.16. The van der Waals surface area contributed by atoms with Gasteiger partial charge in [0.2, 0.25) is 0 Å². The van der Waals surface area contributed by atoms with Crippen LogP contribution < -0.4 is 11.1 Å². The molecule has 1 aliphatic heterocycles. The molecule has 0 aliphatic carbocycles. The van der Waals surface area contributed by atoms with Gasteiger partial charge in [0.25, 0.3) is 0 Å². The van der Waals surface area contributed by atoms with Gasteiger partial charge in [0.1, 0.15) is 0 Å². The number of benzene rings is 2. The summed E-state index contributed by atoms with van der Waals surface area (Å²) >= 11 is 0. The van der Waals surface area contributed by atoms with Crippen molar-refractivity contribution in [2.24, 2.45) is 0 Å². The predicted octanol–water partition coefficient (Wildman–Crippen LogP) is 1.87. The zero-order chi connectivity index (χ0) is 16.0. The number of rotatable bonds is 1. The van der Waals surface area contributed by atoms with Crippen LogP contribution in [0.5, 0.6) is 0 Å². The van der Waals surface area contributed by atoms with Crippen molar-refractivity contribution >= 4 is 11.0 Å². The molecular weight excluding hydrogens is 290 g/mol. The Bertz CT molecular complexity index is 1000. The molecule has 2 aromatic carbocycles. The number of nitrogens with zero attached hydrogens (tertiary/aromatic N) is 1. The van der Waals surface area contributed by atoms with Crippen LogP contribution >= 0.6 is 0 Å². The Labute approximate surface area is 132 Å². The van der Waals surface area contributed by atoms with Crippen molar-refractivity contribution < 1.29 is 0 Å². The van der Waals surface area contributed by atoms with Crippen LogP contribution in [0.2, 0.25) is 0 Å². The lowest BCUT2D eigenvalue weighted by atomic mass is 9.89. The Morgan fingerprint density at radius 3 is 2.52 bits per heavy atom. The second kappa shape index (κ2) is 5.21. The quantitative estimate of drug-likeness (QED) is 0.674. The standard InChI is InChI=1S/C18H17N3O2/c1-21-8-7-12-13(11-5-3-2-4-6-11)9-15-16(14(12)10-21)20-18(23)17(22)19-15/h2-6,9H,7-8,10H2,1H3,(H,19,22)(H,20,23). The molecule has 0 saturated carbocycles. The first kappa shape index (κ1) is 14.0. The first-order valence-electron chi connectivity index (χ1n) is 7.68. The summed E-state index contributed by atoms with van der Waals surface area (Å²) in [6, 6.07) is 12.1. The summed E-state index contributed by atoms with van der Waals surface area (Å²) in [4.78, 5) is 31.1. The minimum Gasteiger partial charge on any atom is -0.316 e. The zero-order valence-electron chi connectivity index (χ0n) is 12.8. The fourth-order valence-corrected chi connectivity index (χ4v) is 3.36. The molecule has 0 bridgehead atoms. The minimum absolute atomic E-state index is 0.597. The van der Waals surface area contributed by atoms with Crippen molar-refractivity contribution in [1.29, 1.82) is 0 Å². The number of fused-ring (bicyclic) bond motifs is 3. The first-order valence-corrected chi connectivity index (χ1v) is 7.68. The van der Waals surface area contributed by atoms with Gasteiger partial charge >= 0.3 is 11.1 Å². The average Bonchev–Trinajstić information content (AvgIpc) is 2.56. The first-order chi connectivity index (χ1) is 11.1. The lowest BCUT2D eigenvalue weighted by Gasteiger charge is -2.28. The van der Waals surface area contributed by atoms with E-state index in [1.165, 1.54) is 5.56 Å². The molecular formula is C18H17N3O2. The van der Waals surface area contributed by atoms with Gasteiger partial charge in [-0.2, -0.15) is 0 Å². The van der Waals surface area contributed by atoms with Crippen molar-refractivity contribution in [3.63, 3.8) is 0 Å². The molecule has 1 aromatic heterocycles. The molecule has 0 unspecified atom stereocenters. The van der Waals surface area contributed by atoms with E-state index in [2.05, 4.69) is 34.0 Å². The molecule has 0 atom stereocenters. The van der Waals surface area contributed by atoms with Crippen molar-refractivity contribution in [2.45, 2.75) is 13.0 Å². The summed E-state index contributed by atoms with van der Waals surface area (Å²) in [5, 5.41) is 0. The molecule has 3 aromatic rings. The molecule has 2 N–H and O–H groups in total. The largest absolute Gasteiger partial charge is 0.316 e. The van der Waals surface area contributed by atoms with Crippen molar-refractivity contribution in [2.75, 3.05) is 13.6 Å². The van der Waals surface area contributed by atoms with Gasteiger partial charge in [-0.3, -0.25) is 9.59 Å². The summed E-state index contributed by atoms with van der Waals surface area (Å²) < 4.78 is 0. The zero-order valence-corrected chi connectivity index (χ0v) is 12.8. The van der Waals surface area contributed by atoms with Gasteiger partial charge in [-0.05, 0) is 41.8 Å². The van der Waals surface area contributed by atoms with Gasteiger partial charge in [-0.25, -0.2) is 0 Å². The summed E-state index contributed by atoms with van der Waals surface area (Å²) in [7, 11) is 2.06. The number of H-pyrrole nitrogens is 2. The minimum atomic E-state index is -0.611. The third kappa shape index (κ3) is 2.29. The molecule has 2 heterocycles. The van der Waals surface area contributed by atoms with E-state index in [4.69, 9.17) is 0 Å². The lowest BCUT2D eigenvalue weighted by Crippen LogP contribution is -2.32. The summed E-state index contributed by atoms with van der Waals surface area (Å²) in [6.45, 7) is 1.74. The Balaban J connectivity index is 2.10. The van der Waals surface area contributed by atoms with Crippen LogP contribution in [0.1, 0.15) is 11.1 Å². The van der Waals surface area contributed by atoms with Gasteiger partial charge in [0.05, 0.1) is 11.0 Å². The third-order valence-corrected chi connectivity index (χ3v) is 4.50. The molecule has 5 nitrogen and oxygen atoms in total. The van der Waals surface area contributed by atoms with Crippen molar-refractivity contribution in [1.82, 2.24) is 14.9 Å². The van der Waals surface area contributed by atoms with E-state index in [0.717, 1.165) is 41.7 Å². The second-order valence-electron chi connectivity index (χ2n) is 6.07. The molecule has 23 heavy (non-hydrogen) atoms. The lowest BCUT2D eigenvalue weighted by molar-refractivity contribution is 0.314. The fourth-order valence-electron chi connectivity index (χ4n) is 3.36. The van der Waals surface area contributed by atoms with Crippen LogP contribution in [0.25, 0.3) is 22.2 Å². The number of aromatic amines is 2. The number of nitrogens with one attached hydrogen (secondary N) is 2. The van der Waals surface area contributed by atoms with Crippen LogP contribution in [-0.4, -0.2) is 28.5 Å². The maximum Gasteiger partial charge on any atom is 0.314 e. The summed E-state index contributed by atoms with van der Waals surface area (Å²) in [5.74, 6) is 0. The number of hydrogen-bond acceptors (Lipinski definition) is 3. The highest BCUT2D eigenvalue weighted by Gasteiger charge is 2.21. The Morgan fingerprint density at radius 2 is 1.74 bits per heavy atom. The number of likely N-dealkylation sites (N-methyl/N-ethyl adjacent to an activating group) is 1. The Hall–Kier alpha value is -2.66. The number of hydrogen-bond donors (Lipinski definition) is 2. The normalized spacial score (nSPS) is 14.8. The second-order valence-corrected chi connectivity index (χ2v) is 6.07. The van der Waals surface area contributed by atoms with Gasteiger partial charge in [-0.15, -0.1) is 0 Å². The van der Waals surface area contributed by atoms with E-state index in [1.54, 1.807) is 0 Å². The highest BCUT2D eigenvalue weighted by molar-refractivity contribution is 5.87. The molecule has 4 rings (SSSR count). The van der Waals surface area contributed by atoms with E-state index in [-0.39, 0.29) is 0 Å². The maximum absolute atomic E-state index is 11.7. The van der Waals surface area contributed by atoms with Gasteiger partial charge in [0.15, 0.2) is 0 Å².